The quantitative estimate of drug-likeness (QED) is 0.747. The number of piperidine rings is 1. The molecule has 1 amide bonds. The molecule has 3 heterocycles. The van der Waals surface area contributed by atoms with E-state index in [9.17, 15) is 13.2 Å². The second kappa shape index (κ2) is 7.58. The van der Waals surface area contributed by atoms with E-state index >= 15 is 0 Å². The number of aryl methyl sites for hydroxylation is 1. The van der Waals surface area contributed by atoms with Gasteiger partial charge in [-0.25, -0.2) is 8.42 Å². The fraction of sp³-hybridized carbons (Fsp3) is 0.474. The molecule has 0 bridgehead atoms. The average Bonchev–Trinajstić information content (AvgIpc) is 3.19. The number of amides is 1. The van der Waals surface area contributed by atoms with Crippen LogP contribution in [0.5, 0.6) is 0 Å². The number of hydrogen-bond acceptors (Lipinski definition) is 5. The zero-order valence-electron chi connectivity index (χ0n) is 16.0. The molecular formula is C19H22Cl2N4O3S. The summed E-state index contributed by atoms with van der Waals surface area (Å²) in [6.07, 6.45) is 6.24. The van der Waals surface area contributed by atoms with Gasteiger partial charge in [0.2, 0.25) is 5.91 Å². The second-order valence-corrected chi connectivity index (χ2v) is 11.0. The van der Waals surface area contributed by atoms with Crippen LogP contribution in [-0.2, 0) is 33.1 Å². The van der Waals surface area contributed by atoms with Crippen LogP contribution in [0.15, 0.2) is 24.5 Å². The normalized spacial score (nSPS) is 18.8. The van der Waals surface area contributed by atoms with E-state index < -0.39 is 15.3 Å². The van der Waals surface area contributed by atoms with Crippen LogP contribution in [-0.4, -0.2) is 54.1 Å². The van der Waals surface area contributed by atoms with Crippen LogP contribution in [0, 0.1) is 0 Å². The molecule has 2 aliphatic rings. The molecule has 29 heavy (non-hydrogen) atoms. The number of likely N-dealkylation sites (tertiary alicyclic amines) is 1. The van der Waals surface area contributed by atoms with Gasteiger partial charge in [0, 0.05) is 29.6 Å². The van der Waals surface area contributed by atoms with Gasteiger partial charge in [-0.2, -0.15) is 5.10 Å². The molecule has 1 aromatic carbocycles. The van der Waals surface area contributed by atoms with Crippen molar-refractivity contribution in [2.24, 2.45) is 0 Å². The molecule has 2 aliphatic heterocycles. The first-order valence-corrected chi connectivity index (χ1v) is 12.2. The Morgan fingerprint density at radius 3 is 2.66 bits per heavy atom. The van der Waals surface area contributed by atoms with Crippen molar-refractivity contribution in [1.82, 2.24) is 14.7 Å². The number of carbonyl (C=O) groups is 1. The van der Waals surface area contributed by atoms with Crippen molar-refractivity contribution in [1.29, 1.82) is 0 Å². The first kappa shape index (κ1) is 20.7. The Morgan fingerprint density at radius 1 is 1.24 bits per heavy atom. The van der Waals surface area contributed by atoms with E-state index in [-0.39, 0.29) is 11.7 Å². The maximum atomic E-state index is 12.8. The third kappa shape index (κ3) is 4.17. The van der Waals surface area contributed by atoms with E-state index in [4.69, 9.17) is 23.2 Å². The Kier molecular flexibility index (Phi) is 5.40. The van der Waals surface area contributed by atoms with Crippen molar-refractivity contribution in [3.8, 4) is 0 Å². The number of carbonyl (C=O) groups excluding carboxylic acids is 1. The Balaban J connectivity index is 1.42. The van der Waals surface area contributed by atoms with Gasteiger partial charge in [-0.05, 0) is 43.6 Å². The van der Waals surface area contributed by atoms with Gasteiger partial charge in [-0.3, -0.25) is 14.4 Å². The molecule has 0 atom stereocenters. The number of hydrogen-bond donors (Lipinski definition) is 1. The van der Waals surface area contributed by atoms with Crippen LogP contribution >= 0.6 is 23.2 Å². The van der Waals surface area contributed by atoms with Crippen LogP contribution in [0.4, 0.5) is 5.69 Å². The maximum absolute atomic E-state index is 12.8. The minimum atomic E-state index is -3.02. The first-order chi connectivity index (χ1) is 13.7. The molecule has 1 saturated heterocycles. The lowest BCUT2D eigenvalue weighted by Gasteiger charge is -2.37. The van der Waals surface area contributed by atoms with E-state index in [2.05, 4.69) is 15.3 Å². The zero-order valence-corrected chi connectivity index (χ0v) is 18.3. The molecule has 0 unspecified atom stereocenters. The Labute approximate surface area is 179 Å². The van der Waals surface area contributed by atoms with Crippen LogP contribution < -0.4 is 5.32 Å². The fourth-order valence-corrected chi connectivity index (χ4v) is 5.21. The molecule has 0 saturated carbocycles. The topological polar surface area (TPSA) is 84.3 Å². The lowest BCUT2D eigenvalue weighted by molar-refractivity contribution is -0.122. The molecule has 7 nitrogen and oxygen atoms in total. The van der Waals surface area contributed by atoms with E-state index in [0.717, 1.165) is 24.2 Å². The number of sulfone groups is 1. The van der Waals surface area contributed by atoms with Gasteiger partial charge >= 0.3 is 0 Å². The van der Waals surface area contributed by atoms with Gasteiger partial charge in [0.15, 0.2) is 0 Å². The van der Waals surface area contributed by atoms with Crippen molar-refractivity contribution < 1.29 is 13.2 Å². The predicted molar refractivity (Wildman–Crippen MR) is 113 cm³/mol. The summed E-state index contributed by atoms with van der Waals surface area (Å²) >= 11 is 12.5. The number of aromatic nitrogens is 2. The SMILES string of the molecule is CS(=O)(=O)CCn1cc(CN2CCC3(CC2)C(=O)Nc2c(Cl)cc(Cl)cc23)cn1. The zero-order chi connectivity index (χ0) is 20.8. The van der Waals surface area contributed by atoms with Gasteiger partial charge in [0.05, 0.1) is 34.6 Å². The van der Waals surface area contributed by atoms with Gasteiger partial charge in [-0.1, -0.05) is 23.2 Å². The molecule has 1 aromatic heterocycles. The van der Waals surface area contributed by atoms with Crippen LogP contribution in [0.1, 0.15) is 24.0 Å². The Hall–Kier alpha value is -1.61. The summed E-state index contributed by atoms with van der Waals surface area (Å²) in [5.74, 6) is 0.0601. The number of nitrogens with one attached hydrogen (secondary N) is 1. The molecule has 10 heteroatoms. The summed E-state index contributed by atoms with van der Waals surface area (Å²) in [5.41, 5.74) is 2.02. The van der Waals surface area contributed by atoms with Crippen molar-refractivity contribution >= 4 is 44.6 Å². The Morgan fingerprint density at radius 2 is 1.97 bits per heavy atom. The fourth-order valence-electron chi connectivity index (χ4n) is 4.15. The van der Waals surface area contributed by atoms with Crippen LogP contribution in [0.25, 0.3) is 0 Å². The van der Waals surface area contributed by atoms with Crippen molar-refractivity contribution in [2.45, 2.75) is 31.3 Å². The van der Waals surface area contributed by atoms with E-state index in [0.29, 0.717) is 41.7 Å². The van der Waals surface area contributed by atoms with Crippen LogP contribution in [0.2, 0.25) is 10.0 Å². The summed E-state index contributed by atoms with van der Waals surface area (Å²) < 4.78 is 24.3. The predicted octanol–water partition coefficient (Wildman–Crippen LogP) is 2.72. The summed E-state index contributed by atoms with van der Waals surface area (Å²) in [7, 11) is -3.02. The standard InChI is InChI=1S/C19H22Cl2N4O3S/c1-29(27,28)7-6-25-12-13(10-22-25)11-24-4-2-19(3-5-24)15-8-14(20)9-16(21)17(15)23-18(19)26/h8-10,12H,2-7,11H2,1H3,(H,23,26). The van der Waals surface area contributed by atoms with Crippen molar-refractivity contribution in [3.63, 3.8) is 0 Å². The van der Waals surface area contributed by atoms with Gasteiger partial charge in [0.25, 0.3) is 0 Å². The highest BCUT2D eigenvalue weighted by molar-refractivity contribution is 7.90. The maximum Gasteiger partial charge on any atom is 0.235 e. The third-order valence-electron chi connectivity index (χ3n) is 5.74. The van der Waals surface area contributed by atoms with E-state index in [1.54, 1.807) is 16.9 Å². The molecule has 1 N–H and O–H groups in total. The summed E-state index contributed by atoms with van der Waals surface area (Å²) in [6.45, 7) is 2.57. The lowest BCUT2D eigenvalue weighted by Crippen LogP contribution is -2.46. The molecule has 156 valence electrons. The summed E-state index contributed by atoms with van der Waals surface area (Å²) in [4.78, 5) is 15.1. The minimum absolute atomic E-state index is 0.00934. The van der Waals surface area contributed by atoms with Crippen LogP contribution in [0.3, 0.4) is 0 Å². The van der Waals surface area contributed by atoms with Gasteiger partial charge in [0.1, 0.15) is 9.84 Å². The molecule has 2 aromatic rings. The molecule has 0 aliphatic carbocycles. The number of nitrogens with zero attached hydrogens (tertiary/aromatic N) is 3. The molecule has 1 spiro atoms. The number of benzene rings is 1. The largest absolute Gasteiger partial charge is 0.324 e. The number of anilines is 1. The number of rotatable bonds is 5. The summed E-state index contributed by atoms with van der Waals surface area (Å²) in [5, 5.41) is 8.20. The summed E-state index contributed by atoms with van der Waals surface area (Å²) in [6, 6.07) is 3.50. The monoisotopic (exact) mass is 456 g/mol. The molecular weight excluding hydrogens is 435 g/mol. The second-order valence-electron chi connectivity index (χ2n) is 7.86. The lowest BCUT2D eigenvalue weighted by atomic mass is 9.73. The molecule has 4 rings (SSSR count). The average molecular weight is 457 g/mol. The number of halogens is 2. The Bertz CT molecular complexity index is 1060. The minimum Gasteiger partial charge on any atom is -0.324 e. The molecule has 0 radical (unpaired) electrons. The third-order valence-corrected chi connectivity index (χ3v) is 7.18. The first-order valence-electron chi connectivity index (χ1n) is 9.39. The van der Waals surface area contributed by atoms with Gasteiger partial charge in [-0.15, -0.1) is 0 Å². The van der Waals surface area contributed by atoms with Crippen molar-refractivity contribution in [2.75, 3.05) is 30.4 Å². The van der Waals surface area contributed by atoms with E-state index in [1.807, 2.05) is 12.3 Å². The number of fused-ring (bicyclic) bond motifs is 2. The van der Waals surface area contributed by atoms with E-state index in [1.165, 1.54) is 6.26 Å². The van der Waals surface area contributed by atoms with Crippen molar-refractivity contribution in [3.05, 3.63) is 45.7 Å². The highest BCUT2D eigenvalue weighted by atomic mass is 35.5. The highest BCUT2D eigenvalue weighted by Crippen LogP contribution is 2.48. The molecule has 1 fully saturated rings. The highest BCUT2D eigenvalue weighted by Gasteiger charge is 2.49. The van der Waals surface area contributed by atoms with Gasteiger partial charge < -0.3 is 5.32 Å². The smallest absolute Gasteiger partial charge is 0.235 e.